The molecule has 0 saturated carbocycles. The van der Waals surface area contributed by atoms with Gasteiger partial charge in [-0.1, -0.05) is 39.8 Å². The summed E-state index contributed by atoms with van der Waals surface area (Å²) in [6.45, 7) is 14.7. The van der Waals surface area contributed by atoms with Crippen molar-refractivity contribution < 1.29 is 4.79 Å². The van der Waals surface area contributed by atoms with Gasteiger partial charge in [-0.25, -0.2) is 4.98 Å². The van der Waals surface area contributed by atoms with Crippen LogP contribution in [0.4, 0.5) is 5.82 Å². The molecule has 0 aliphatic carbocycles. The Labute approximate surface area is 227 Å². The van der Waals surface area contributed by atoms with Gasteiger partial charge in [0.2, 0.25) is 5.91 Å². The fraction of sp³-hybridized carbons (Fsp3) is 0.516. The molecule has 1 fully saturated rings. The molecule has 1 saturated heterocycles. The van der Waals surface area contributed by atoms with Crippen molar-refractivity contribution >= 4 is 22.6 Å². The number of rotatable bonds is 9. The second kappa shape index (κ2) is 12.2. The molecule has 1 aliphatic rings. The number of nitrogens with one attached hydrogen (secondary N) is 1. The van der Waals surface area contributed by atoms with Crippen LogP contribution in [0.2, 0.25) is 0 Å². The Hall–Kier alpha value is -3.03. The van der Waals surface area contributed by atoms with Gasteiger partial charge in [0.25, 0.3) is 0 Å². The van der Waals surface area contributed by atoms with E-state index in [4.69, 9.17) is 10.7 Å². The summed E-state index contributed by atoms with van der Waals surface area (Å²) in [4.78, 5) is 27.0. The van der Waals surface area contributed by atoms with E-state index >= 15 is 0 Å². The quantitative estimate of drug-likeness (QED) is 0.438. The van der Waals surface area contributed by atoms with Gasteiger partial charge in [0.15, 0.2) is 0 Å². The number of benzene rings is 1. The second-order valence-corrected chi connectivity index (χ2v) is 12.1. The predicted molar refractivity (Wildman–Crippen MR) is 157 cm³/mol. The van der Waals surface area contributed by atoms with Crippen LogP contribution >= 0.6 is 0 Å². The zero-order valence-electron chi connectivity index (χ0n) is 23.8. The Balaban J connectivity index is 1.48. The van der Waals surface area contributed by atoms with Crippen molar-refractivity contribution in [1.29, 1.82) is 0 Å². The van der Waals surface area contributed by atoms with Gasteiger partial charge in [-0.15, -0.1) is 0 Å². The Kier molecular flexibility index (Phi) is 9.00. The highest BCUT2D eigenvalue weighted by Crippen LogP contribution is 2.28. The highest BCUT2D eigenvalue weighted by atomic mass is 16.1. The molecule has 7 heteroatoms. The van der Waals surface area contributed by atoms with Crippen LogP contribution in [0.5, 0.6) is 0 Å². The lowest BCUT2D eigenvalue weighted by Gasteiger charge is -2.32. The van der Waals surface area contributed by atoms with E-state index in [0.29, 0.717) is 18.8 Å². The minimum atomic E-state index is -0.184. The molecule has 0 radical (unpaired) electrons. The largest absolute Gasteiger partial charge is 0.383 e. The van der Waals surface area contributed by atoms with Crippen molar-refractivity contribution in [2.45, 2.75) is 47.0 Å². The third-order valence-electron chi connectivity index (χ3n) is 7.53. The molecule has 2 aromatic heterocycles. The molecule has 1 unspecified atom stereocenters. The van der Waals surface area contributed by atoms with Crippen molar-refractivity contribution in [3.05, 3.63) is 53.7 Å². The number of amides is 1. The third-order valence-corrected chi connectivity index (χ3v) is 7.53. The minimum absolute atomic E-state index is 0.0565. The molecule has 38 heavy (non-hydrogen) atoms. The van der Waals surface area contributed by atoms with E-state index in [0.717, 1.165) is 73.3 Å². The highest BCUT2D eigenvalue weighted by Gasteiger charge is 2.18. The van der Waals surface area contributed by atoms with Crippen molar-refractivity contribution in [3.63, 3.8) is 0 Å². The van der Waals surface area contributed by atoms with Crippen LogP contribution in [0.15, 0.2) is 42.6 Å². The number of hydrogen-bond donors (Lipinski definition) is 2. The number of nitrogens with zero attached hydrogens (tertiary/aromatic N) is 4. The summed E-state index contributed by atoms with van der Waals surface area (Å²) < 4.78 is 0. The fourth-order valence-electron chi connectivity index (χ4n) is 4.95. The number of likely N-dealkylation sites (N-methyl/N-ethyl adjacent to an activating group) is 1. The minimum Gasteiger partial charge on any atom is -0.383 e. The monoisotopic (exact) mass is 516 g/mol. The first-order chi connectivity index (χ1) is 18.1. The van der Waals surface area contributed by atoms with Crippen LogP contribution in [-0.2, 0) is 17.6 Å². The van der Waals surface area contributed by atoms with Gasteiger partial charge >= 0.3 is 0 Å². The third kappa shape index (κ3) is 7.51. The molecular weight excluding hydrogens is 472 g/mol. The summed E-state index contributed by atoms with van der Waals surface area (Å²) in [5.74, 6) is 0.364. The van der Waals surface area contributed by atoms with Gasteiger partial charge in [0.05, 0.1) is 11.2 Å². The standard InChI is InChI=1S/C31H44N6O/c1-22(30(38)34-13-11-31(2,3)4)19-26-21-25-20-24(8-9-27(25)35-29(26)32)28-23(7-6-12-33-28)10-14-37-17-15-36(5)16-18-37/h6-9,12,20-22H,10-11,13-19H2,1-5H3,(H2,32,35)(H,34,38). The normalized spacial score (nSPS) is 16.0. The number of anilines is 1. The highest BCUT2D eigenvalue weighted by molar-refractivity contribution is 5.87. The first-order valence-corrected chi connectivity index (χ1v) is 13.9. The summed E-state index contributed by atoms with van der Waals surface area (Å²) in [7, 11) is 2.19. The molecule has 0 bridgehead atoms. The molecule has 1 atom stereocenters. The average Bonchev–Trinajstić information content (AvgIpc) is 2.88. The number of pyridine rings is 2. The van der Waals surface area contributed by atoms with E-state index in [2.05, 4.69) is 72.2 Å². The van der Waals surface area contributed by atoms with Crippen LogP contribution in [0.25, 0.3) is 22.2 Å². The van der Waals surface area contributed by atoms with E-state index in [1.807, 2.05) is 25.3 Å². The van der Waals surface area contributed by atoms with Crippen molar-refractivity contribution in [3.8, 4) is 11.3 Å². The molecule has 204 valence electrons. The molecule has 1 aliphatic heterocycles. The second-order valence-electron chi connectivity index (χ2n) is 12.1. The van der Waals surface area contributed by atoms with E-state index in [9.17, 15) is 4.79 Å². The number of fused-ring (bicyclic) bond motifs is 1. The van der Waals surface area contributed by atoms with Crippen molar-refractivity contribution in [2.75, 3.05) is 52.0 Å². The summed E-state index contributed by atoms with van der Waals surface area (Å²) in [6, 6.07) is 12.6. The van der Waals surface area contributed by atoms with E-state index < -0.39 is 0 Å². The lowest BCUT2D eigenvalue weighted by atomic mass is 9.92. The summed E-state index contributed by atoms with van der Waals surface area (Å²) in [5.41, 5.74) is 11.6. The topological polar surface area (TPSA) is 87.4 Å². The van der Waals surface area contributed by atoms with E-state index in [1.165, 1.54) is 5.56 Å². The molecule has 3 heterocycles. The number of piperazine rings is 1. The van der Waals surface area contributed by atoms with E-state index in [1.54, 1.807) is 0 Å². The zero-order chi connectivity index (χ0) is 27.3. The van der Waals surface area contributed by atoms with Crippen LogP contribution in [0.1, 0.15) is 45.2 Å². The molecule has 0 spiro atoms. The van der Waals surface area contributed by atoms with Crippen molar-refractivity contribution in [1.82, 2.24) is 25.1 Å². The van der Waals surface area contributed by atoms with Crippen LogP contribution < -0.4 is 11.1 Å². The SMILES string of the molecule is CC(Cc1cc2cc(-c3ncccc3CCN3CCN(C)CC3)ccc2nc1N)C(=O)NCCC(C)(C)C. The van der Waals surface area contributed by atoms with Gasteiger partial charge in [-0.05, 0) is 67.1 Å². The maximum atomic E-state index is 12.7. The average molecular weight is 517 g/mol. The Morgan fingerprint density at radius 1 is 1.11 bits per heavy atom. The first-order valence-electron chi connectivity index (χ1n) is 13.9. The lowest BCUT2D eigenvalue weighted by Crippen LogP contribution is -2.45. The molecule has 7 nitrogen and oxygen atoms in total. The van der Waals surface area contributed by atoms with Gasteiger partial charge in [0, 0.05) is 62.3 Å². The van der Waals surface area contributed by atoms with Gasteiger partial charge < -0.3 is 20.9 Å². The maximum absolute atomic E-state index is 12.7. The van der Waals surface area contributed by atoms with Crippen LogP contribution in [0.3, 0.4) is 0 Å². The molecule has 3 aromatic rings. The summed E-state index contributed by atoms with van der Waals surface area (Å²) in [6.07, 6.45) is 4.34. The number of hydrogen-bond acceptors (Lipinski definition) is 6. The number of nitrogens with two attached hydrogens (primary N) is 1. The molecule has 1 amide bonds. The predicted octanol–water partition coefficient (Wildman–Crippen LogP) is 4.40. The number of nitrogen functional groups attached to an aromatic ring is 1. The first kappa shape index (κ1) is 28.0. The van der Waals surface area contributed by atoms with Gasteiger partial charge in [-0.3, -0.25) is 9.78 Å². The van der Waals surface area contributed by atoms with Gasteiger partial charge in [-0.2, -0.15) is 0 Å². The van der Waals surface area contributed by atoms with Crippen LogP contribution in [-0.4, -0.2) is 72.0 Å². The molecule has 4 rings (SSSR count). The van der Waals surface area contributed by atoms with Crippen LogP contribution in [0, 0.1) is 11.3 Å². The molecule has 3 N–H and O–H groups in total. The van der Waals surface area contributed by atoms with Gasteiger partial charge in [0.1, 0.15) is 5.82 Å². The smallest absolute Gasteiger partial charge is 0.223 e. The summed E-state index contributed by atoms with van der Waals surface area (Å²) >= 11 is 0. The fourth-order valence-corrected chi connectivity index (χ4v) is 4.95. The van der Waals surface area contributed by atoms with Crippen molar-refractivity contribution in [2.24, 2.45) is 11.3 Å². The van der Waals surface area contributed by atoms with E-state index in [-0.39, 0.29) is 17.2 Å². The molecule has 1 aromatic carbocycles. The maximum Gasteiger partial charge on any atom is 0.223 e. The molecular formula is C31H44N6O. The summed E-state index contributed by atoms with van der Waals surface area (Å²) in [5, 5.41) is 4.09. The zero-order valence-corrected chi connectivity index (χ0v) is 23.8. The Morgan fingerprint density at radius 2 is 1.87 bits per heavy atom. The lowest BCUT2D eigenvalue weighted by molar-refractivity contribution is -0.124. The Morgan fingerprint density at radius 3 is 2.61 bits per heavy atom. The number of carbonyl (C=O) groups is 1. The Bertz CT molecular complexity index is 1240. The number of aromatic nitrogens is 2. The number of carbonyl (C=O) groups excluding carboxylic acids is 1.